The summed E-state index contributed by atoms with van der Waals surface area (Å²) in [6.45, 7) is 2.12. The second-order valence-electron chi connectivity index (χ2n) is 3.55. The largest absolute Gasteiger partial charge is 0.480 e. The number of methoxy groups -OCH3 is 1. The molecule has 18 heavy (non-hydrogen) atoms. The van der Waals surface area contributed by atoms with Crippen molar-refractivity contribution in [1.29, 1.82) is 0 Å². The van der Waals surface area contributed by atoms with E-state index in [1.54, 1.807) is 0 Å². The number of hydrogen-bond acceptors (Lipinski definition) is 6. The van der Waals surface area contributed by atoms with Crippen LogP contribution in [0, 0.1) is 0 Å². The Balaban J connectivity index is 2.69. The van der Waals surface area contributed by atoms with Crippen LogP contribution in [0.15, 0.2) is 0 Å². The summed E-state index contributed by atoms with van der Waals surface area (Å²) in [5.74, 6) is -1.54. The van der Waals surface area contributed by atoms with Crippen molar-refractivity contribution in [3.05, 3.63) is 10.6 Å². The quantitative estimate of drug-likeness (QED) is 0.742. The van der Waals surface area contributed by atoms with Crippen molar-refractivity contribution in [2.24, 2.45) is 0 Å². The molecule has 0 aromatic carbocycles. The van der Waals surface area contributed by atoms with Crippen LogP contribution in [0.5, 0.6) is 0 Å². The zero-order valence-corrected chi connectivity index (χ0v) is 11.0. The van der Waals surface area contributed by atoms with Crippen LogP contribution in [0.3, 0.4) is 0 Å². The molecule has 2 N–H and O–H groups in total. The summed E-state index contributed by atoms with van der Waals surface area (Å²) in [4.78, 5) is 23.2. The molecule has 0 saturated heterocycles. The lowest BCUT2D eigenvalue weighted by Crippen LogP contribution is -2.41. The molecular formula is C10H15N3O4S. The molecule has 0 aliphatic rings. The van der Waals surface area contributed by atoms with Gasteiger partial charge in [-0.15, -0.1) is 5.10 Å². The minimum Gasteiger partial charge on any atom is -0.480 e. The first-order chi connectivity index (χ1) is 8.60. The summed E-state index contributed by atoms with van der Waals surface area (Å²) < 4.78 is 8.49. The van der Waals surface area contributed by atoms with Crippen molar-refractivity contribution in [2.45, 2.75) is 25.8 Å². The van der Waals surface area contributed by atoms with Crippen molar-refractivity contribution >= 4 is 23.4 Å². The molecule has 1 aromatic rings. The smallest absolute Gasteiger partial charge is 0.326 e. The molecule has 0 radical (unpaired) electrons. The molecule has 1 aromatic heterocycles. The molecule has 1 unspecified atom stereocenters. The lowest BCUT2D eigenvalue weighted by molar-refractivity contribution is -0.139. The number of aromatic nitrogens is 2. The summed E-state index contributed by atoms with van der Waals surface area (Å²) in [5.41, 5.74) is 0.577. The third-order valence-corrected chi connectivity index (χ3v) is 3.08. The monoisotopic (exact) mass is 273 g/mol. The van der Waals surface area contributed by atoms with Crippen molar-refractivity contribution < 1.29 is 19.4 Å². The van der Waals surface area contributed by atoms with E-state index in [2.05, 4.69) is 14.9 Å². The Labute approximate surface area is 108 Å². The average molecular weight is 273 g/mol. The van der Waals surface area contributed by atoms with E-state index in [0.717, 1.165) is 11.5 Å². The Bertz CT molecular complexity index is 421. The lowest BCUT2D eigenvalue weighted by atomic mass is 10.2. The van der Waals surface area contributed by atoms with Gasteiger partial charge in [-0.1, -0.05) is 11.4 Å². The lowest BCUT2D eigenvalue weighted by Gasteiger charge is -2.13. The zero-order chi connectivity index (χ0) is 13.5. The number of carbonyl (C=O) groups excluding carboxylic acids is 1. The molecule has 1 amide bonds. The molecule has 0 fully saturated rings. The van der Waals surface area contributed by atoms with E-state index in [-0.39, 0.29) is 13.0 Å². The number of nitrogens with one attached hydrogen (secondary N) is 1. The number of nitrogens with zero attached hydrogens (tertiary/aromatic N) is 2. The summed E-state index contributed by atoms with van der Waals surface area (Å²) in [6, 6.07) is -0.968. The fourth-order valence-corrected chi connectivity index (χ4v) is 1.98. The molecular weight excluding hydrogens is 258 g/mol. The molecule has 0 bridgehead atoms. The second-order valence-corrected chi connectivity index (χ2v) is 4.30. The maximum absolute atomic E-state index is 11.9. The van der Waals surface area contributed by atoms with Gasteiger partial charge in [0.15, 0.2) is 0 Å². The number of aryl methyl sites for hydroxylation is 1. The van der Waals surface area contributed by atoms with Crippen molar-refractivity contribution in [3.63, 3.8) is 0 Å². The van der Waals surface area contributed by atoms with Gasteiger partial charge >= 0.3 is 5.97 Å². The van der Waals surface area contributed by atoms with Crippen molar-refractivity contribution in [3.8, 4) is 0 Å². The summed E-state index contributed by atoms with van der Waals surface area (Å²) >= 11 is 0.962. The fraction of sp³-hybridized carbons (Fsp3) is 0.600. The highest BCUT2D eigenvalue weighted by Gasteiger charge is 2.23. The zero-order valence-electron chi connectivity index (χ0n) is 10.2. The number of aliphatic carboxylic acids is 1. The van der Waals surface area contributed by atoms with E-state index in [1.165, 1.54) is 7.11 Å². The van der Waals surface area contributed by atoms with Crippen molar-refractivity contribution in [1.82, 2.24) is 14.9 Å². The van der Waals surface area contributed by atoms with Crippen molar-refractivity contribution in [2.75, 3.05) is 13.7 Å². The predicted molar refractivity (Wildman–Crippen MR) is 64.7 cm³/mol. The van der Waals surface area contributed by atoms with E-state index in [1.807, 2.05) is 6.92 Å². The van der Waals surface area contributed by atoms with Gasteiger partial charge in [-0.05, 0) is 18.0 Å². The topological polar surface area (TPSA) is 101 Å². The number of carboxylic acids is 1. The number of hydrogen-bond donors (Lipinski definition) is 2. The Morgan fingerprint density at radius 3 is 2.83 bits per heavy atom. The molecule has 0 aliphatic heterocycles. The number of carboxylic acid groups (broad SMARTS) is 1. The highest BCUT2D eigenvalue weighted by Crippen LogP contribution is 2.11. The number of rotatable bonds is 7. The Morgan fingerprint density at radius 2 is 2.28 bits per heavy atom. The Hall–Kier alpha value is -1.54. The minimum atomic E-state index is -1.09. The maximum atomic E-state index is 11.9. The van der Waals surface area contributed by atoms with Crippen LogP contribution in [-0.4, -0.2) is 46.3 Å². The van der Waals surface area contributed by atoms with Crippen LogP contribution in [-0.2, 0) is 16.0 Å². The van der Waals surface area contributed by atoms with Gasteiger partial charge in [-0.25, -0.2) is 4.79 Å². The molecule has 1 heterocycles. The van der Waals surface area contributed by atoms with Gasteiger partial charge in [0.1, 0.15) is 10.9 Å². The molecule has 0 saturated carbocycles. The molecule has 100 valence electrons. The van der Waals surface area contributed by atoms with E-state index in [9.17, 15) is 9.59 Å². The van der Waals surface area contributed by atoms with Gasteiger partial charge in [0, 0.05) is 20.1 Å². The van der Waals surface area contributed by atoms with E-state index in [0.29, 0.717) is 17.0 Å². The molecule has 7 nitrogen and oxygen atoms in total. The number of carbonyl (C=O) groups is 2. The van der Waals surface area contributed by atoms with Gasteiger partial charge in [0.25, 0.3) is 5.91 Å². The van der Waals surface area contributed by atoms with Crippen LogP contribution >= 0.6 is 11.5 Å². The summed E-state index contributed by atoms with van der Waals surface area (Å²) in [5, 5.41) is 15.2. The molecule has 1 atom stereocenters. The number of amides is 1. The Kier molecular flexibility index (Phi) is 5.66. The molecule has 0 spiro atoms. The van der Waals surface area contributed by atoms with Crippen LogP contribution in [0.2, 0.25) is 0 Å². The SMILES string of the molecule is CCc1nnsc1C(=O)NC(CCOC)C(=O)O. The highest BCUT2D eigenvalue weighted by molar-refractivity contribution is 7.08. The van der Waals surface area contributed by atoms with E-state index >= 15 is 0 Å². The first-order valence-corrected chi connectivity index (χ1v) is 6.21. The minimum absolute atomic E-state index is 0.214. The first-order valence-electron chi connectivity index (χ1n) is 5.44. The third kappa shape index (κ3) is 3.74. The molecule has 0 aliphatic carbocycles. The van der Waals surface area contributed by atoms with E-state index < -0.39 is 17.9 Å². The average Bonchev–Trinajstić information content (AvgIpc) is 2.82. The fourth-order valence-electron chi connectivity index (χ4n) is 1.33. The van der Waals surface area contributed by atoms with Crippen LogP contribution in [0.25, 0.3) is 0 Å². The summed E-state index contributed by atoms with van der Waals surface area (Å²) in [7, 11) is 1.48. The van der Waals surface area contributed by atoms with E-state index in [4.69, 9.17) is 9.84 Å². The van der Waals surface area contributed by atoms with Crippen LogP contribution in [0.4, 0.5) is 0 Å². The molecule has 8 heteroatoms. The molecule has 1 rings (SSSR count). The van der Waals surface area contributed by atoms with Gasteiger partial charge in [0.05, 0.1) is 5.69 Å². The number of ether oxygens (including phenoxy) is 1. The van der Waals surface area contributed by atoms with Gasteiger partial charge in [-0.2, -0.15) is 0 Å². The maximum Gasteiger partial charge on any atom is 0.326 e. The standard InChI is InChI=1S/C10H15N3O4S/c1-3-6-8(18-13-12-6)9(14)11-7(10(15)16)4-5-17-2/h7H,3-5H2,1-2H3,(H,11,14)(H,15,16). The third-order valence-electron chi connectivity index (χ3n) is 2.31. The first kappa shape index (κ1) is 14.5. The normalized spacial score (nSPS) is 12.1. The summed E-state index contributed by atoms with van der Waals surface area (Å²) in [6.07, 6.45) is 0.792. The van der Waals surface area contributed by atoms with Gasteiger partial charge < -0.3 is 15.2 Å². The highest BCUT2D eigenvalue weighted by atomic mass is 32.1. The second kappa shape index (κ2) is 7.02. The Morgan fingerprint density at radius 1 is 1.56 bits per heavy atom. The van der Waals surface area contributed by atoms with Gasteiger partial charge in [0.2, 0.25) is 0 Å². The van der Waals surface area contributed by atoms with Crippen LogP contribution in [0.1, 0.15) is 28.7 Å². The van der Waals surface area contributed by atoms with Gasteiger partial charge in [-0.3, -0.25) is 4.79 Å². The van der Waals surface area contributed by atoms with Crippen LogP contribution < -0.4 is 5.32 Å². The predicted octanol–water partition coefficient (Wildman–Crippen LogP) is 0.320.